The van der Waals surface area contributed by atoms with E-state index in [1.165, 1.54) is 18.7 Å². The van der Waals surface area contributed by atoms with Crippen LogP contribution in [0.2, 0.25) is 0 Å². The molecule has 0 saturated heterocycles. The van der Waals surface area contributed by atoms with Crippen molar-refractivity contribution in [3.8, 4) is 0 Å². The molecular weight excluding hydrogens is 376 g/mol. The van der Waals surface area contributed by atoms with E-state index in [1.807, 2.05) is 6.92 Å². The van der Waals surface area contributed by atoms with Gasteiger partial charge in [0.15, 0.2) is 5.12 Å². The summed E-state index contributed by atoms with van der Waals surface area (Å²) in [4.78, 5) is 24.1. The van der Waals surface area contributed by atoms with Crippen LogP contribution in [-0.4, -0.2) is 45.9 Å². The van der Waals surface area contributed by atoms with E-state index in [-0.39, 0.29) is 46.8 Å². The third kappa shape index (κ3) is 3.59. The smallest absolute Gasteiger partial charge is 0.335 e. The lowest BCUT2D eigenvalue weighted by Gasteiger charge is -2.60. The molecule has 0 radical (unpaired) electrons. The van der Waals surface area contributed by atoms with Crippen molar-refractivity contribution >= 4 is 22.8 Å². The minimum Gasteiger partial charge on any atom is -0.458 e. The van der Waals surface area contributed by atoms with Gasteiger partial charge < -0.3 is 14.9 Å². The first-order chi connectivity index (χ1) is 13.1. The molecule has 5 nitrogen and oxygen atoms in total. The summed E-state index contributed by atoms with van der Waals surface area (Å²) in [5.74, 6) is -0.0475. The maximum atomic E-state index is 12.2. The maximum Gasteiger partial charge on any atom is 0.335 e. The molecule has 0 aromatic heterocycles. The van der Waals surface area contributed by atoms with E-state index in [0.29, 0.717) is 18.4 Å². The van der Waals surface area contributed by atoms with Crippen LogP contribution in [0.15, 0.2) is 23.8 Å². The fraction of sp³-hybridized carbons (Fsp3) is 0.727. The molecule has 0 spiro atoms. The van der Waals surface area contributed by atoms with Crippen LogP contribution in [0.25, 0.3) is 0 Å². The van der Waals surface area contributed by atoms with Gasteiger partial charge in [0.1, 0.15) is 6.61 Å². The number of hydrogen-bond donors (Lipinski definition) is 2. The van der Waals surface area contributed by atoms with Crippen LogP contribution in [0.4, 0.5) is 0 Å². The Morgan fingerprint density at radius 1 is 1.43 bits per heavy atom. The molecule has 156 valence electrons. The van der Waals surface area contributed by atoms with Crippen molar-refractivity contribution in [1.82, 2.24) is 0 Å². The molecule has 2 N–H and O–H groups in total. The van der Waals surface area contributed by atoms with Gasteiger partial charge in [-0.2, -0.15) is 0 Å². The first-order valence-corrected chi connectivity index (χ1v) is 11.0. The zero-order valence-corrected chi connectivity index (χ0v) is 17.9. The van der Waals surface area contributed by atoms with E-state index in [1.54, 1.807) is 6.08 Å². The molecular formula is C22H32O5S. The Hall–Kier alpha value is -1.11. The normalized spacial score (nSPS) is 39.2. The van der Waals surface area contributed by atoms with E-state index in [2.05, 4.69) is 13.5 Å². The van der Waals surface area contributed by atoms with Gasteiger partial charge in [-0.25, -0.2) is 4.79 Å². The number of allylic oxidation sites excluding steroid dienone is 1. The zero-order chi connectivity index (χ0) is 20.7. The molecule has 3 rings (SSSR count). The highest BCUT2D eigenvalue weighted by molar-refractivity contribution is 8.14. The Morgan fingerprint density at radius 3 is 2.71 bits per heavy atom. The van der Waals surface area contributed by atoms with Crippen LogP contribution >= 0.6 is 11.8 Å². The average molecular weight is 409 g/mol. The summed E-state index contributed by atoms with van der Waals surface area (Å²) in [6, 6.07) is 0. The van der Waals surface area contributed by atoms with Gasteiger partial charge in [0.25, 0.3) is 0 Å². The number of carbonyl (C=O) groups excluding carboxylic acids is 2. The highest BCUT2D eigenvalue weighted by atomic mass is 32.2. The number of hydrogen-bond acceptors (Lipinski definition) is 6. The van der Waals surface area contributed by atoms with Gasteiger partial charge in [0.2, 0.25) is 0 Å². The number of aliphatic hydroxyl groups excluding tert-OH is 2. The first-order valence-electron chi connectivity index (χ1n) is 10.1. The third-order valence-electron chi connectivity index (χ3n) is 7.55. The summed E-state index contributed by atoms with van der Waals surface area (Å²) in [6.45, 7) is 10.3. The van der Waals surface area contributed by atoms with Gasteiger partial charge in [0, 0.05) is 17.6 Å². The summed E-state index contributed by atoms with van der Waals surface area (Å²) in [5.41, 5.74) is 1.06. The summed E-state index contributed by atoms with van der Waals surface area (Å²) in [7, 11) is 0. The van der Waals surface area contributed by atoms with E-state index in [0.717, 1.165) is 24.8 Å². The monoisotopic (exact) mass is 408 g/mol. The second-order valence-electron chi connectivity index (χ2n) is 9.12. The van der Waals surface area contributed by atoms with Crippen LogP contribution in [0, 0.1) is 22.7 Å². The molecule has 3 unspecified atom stereocenters. The summed E-state index contributed by atoms with van der Waals surface area (Å²) < 4.78 is 5.10. The minimum atomic E-state index is -0.541. The molecule has 0 amide bonds. The molecule has 2 aliphatic carbocycles. The molecule has 0 aromatic rings. The van der Waals surface area contributed by atoms with Crippen LogP contribution in [0.1, 0.15) is 52.9 Å². The van der Waals surface area contributed by atoms with Gasteiger partial charge in [-0.05, 0) is 55.4 Å². The van der Waals surface area contributed by atoms with E-state index in [4.69, 9.17) is 4.74 Å². The Labute approximate surface area is 171 Å². The number of aliphatic hydroxyl groups is 2. The van der Waals surface area contributed by atoms with Gasteiger partial charge in [0.05, 0.1) is 18.3 Å². The number of cyclic esters (lactones) is 1. The quantitative estimate of drug-likeness (QED) is 0.537. The molecule has 0 aromatic carbocycles. The molecule has 3 aliphatic rings. The number of fused-ring (bicyclic) bond motifs is 1. The SMILES string of the molecule is C=C1CCC2[C@](C)(CO)C(O)CC[C@]2(C)[C@H]1CC(SC(C)=O)C1=CCOC1=O. The molecule has 0 bridgehead atoms. The molecule has 2 saturated carbocycles. The lowest BCUT2D eigenvalue weighted by atomic mass is 9.46. The van der Waals surface area contributed by atoms with Gasteiger partial charge in [-0.3, -0.25) is 4.79 Å². The van der Waals surface area contributed by atoms with Crippen LogP contribution < -0.4 is 0 Å². The van der Waals surface area contributed by atoms with Crippen molar-refractivity contribution in [1.29, 1.82) is 0 Å². The fourth-order valence-corrected chi connectivity index (χ4v) is 6.93. The van der Waals surface area contributed by atoms with Crippen molar-refractivity contribution in [2.45, 2.75) is 64.2 Å². The Morgan fingerprint density at radius 2 is 2.14 bits per heavy atom. The van der Waals surface area contributed by atoms with E-state index >= 15 is 0 Å². The first kappa shape index (κ1) is 21.6. The van der Waals surface area contributed by atoms with Gasteiger partial charge in [-0.15, -0.1) is 0 Å². The highest BCUT2D eigenvalue weighted by Crippen LogP contribution is 2.62. The predicted octanol–water partition coefficient (Wildman–Crippen LogP) is 3.25. The third-order valence-corrected chi connectivity index (χ3v) is 8.61. The molecule has 6 atom stereocenters. The van der Waals surface area contributed by atoms with Crippen molar-refractivity contribution in [3.63, 3.8) is 0 Å². The van der Waals surface area contributed by atoms with Crippen LogP contribution in [-0.2, 0) is 14.3 Å². The highest BCUT2D eigenvalue weighted by Gasteiger charge is 2.58. The molecule has 6 heteroatoms. The second kappa shape index (κ2) is 7.96. The summed E-state index contributed by atoms with van der Waals surface area (Å²) in [5, 5.41) is 20.5. The topological polar surface area (TPSA) is 83.8 Å². The Kier molecular flexibility index (Phi) is 6.14. The van der Waals surface area contributed by atoms with Crippen LogP contribution in [0.3, 0.4) is 0 Å². The Bertz CT molecular complexity index is 701. The number of esters is 1. The van der Waals surface area contributed by atoms with Crippen molar-refractivity contribution in [3.05, 3.63) is 23.8 Å². The largest absolute Gasteiger partial charge is 0.458 e. The lowest BCUT2D eigenvalue weighted by molar-refractivity contribution is -0.152. The molecule has 1 aliphatic heterocycles. The fourth-order valence-electron chi connectivity index (χ4n) is 5.93. The zero-order valence-electron chi connectivity index (χ0n) is 17.1. The molecule has 1 heterocycles. The van der Waals surface area contributed by atoms with Crippen molar-refractivity contribution in [2.24, 2.45) is 22.7 Å². The summed E-state index contributed by atoms with van der Waals surface area (Å²) in [6.07, 6.45) is 5.15. The maximum absolute atomic E-state index is 12.2. The predicted molar refractivity (Wildman–Crippen MR) is 110 cm³/mol. The lowest BCUT2D eigenvalue weighted by Crippen LogP contribution is -2.57. The van der Waals surface area contributed by atoms with Crippen molar-refractivity contribution in [2.75, 3.05) is 13.2 Å². The second-order valence-corrected chi connectivity index (χ2v) is 10.5. The molecule has 28 heavy (non-hydrogen) atoms. The Balaban J connectivity index is 1.93. The number of thioether (sulfide) groups is 1. The van der Waals surface area contributed by atoms with E-state index < -0.39 is 11.5 Å². The number of ether oxygens (including phenoxy) is 1. The van der Waals surface area contributed by atoms with E-state index in [9.17, 15) is 19.8 Å². The van der Waals surface area contributed by atoms with Gasteiger partial charge >= 0.3 is 5.97 Å². The summed E-state index contributed by atoms with van der Waals surface area (Å²) >= 11 is 1.19. The minimum absolute atomic E-state index is 0.0204. The standard InChI is InChI=1S/C22H32O5S/c1-13-5-6-18-21(3,9-7-19(25)22(18,4)12-23)16(13)11-17(28-14(2)24)15-8-10-27-20(15)26/h8,16-19,23,25H,1,5-7,9-12H2,2-4H3/t16-,17?,18?,19?,21+,22-/m0/s1. The average Bonchev–Trinajstić information content (AvgIpc) is 3.06. The number of carbonyl (C=O) groups is 2. The van der Waals surface area contributed by atoms with Crippen molar-refractivity contribution < 1.29 is 24.5 Å². The number of rotatable bonds is 5. The molecule has 2 fully saturated rings. The van der Waals surface area contributed by atoms with Gasteiger partial charge in [-0.1, -0.05) is 37.8 Å². The van der Waals surface area contributed by atoms with Crippen LogP contribution in [0.5, 0.6) is 0 Å².